The Morgan fingerprint density at radius 3 is 2.24 bits per heavy atom. The van der Waals surface area contributed by atoms with Gasteiger partial charge in [-0.15, -0.1) is 0 Å². The molecule has 3 rings (SSSR count). The number of para-hydroxylation sites is 1. The highest BCUT2D eigenvalue weighted by atomic mass is 32.2. The van der Waals surface area contributed by atoms with E-state index in [2.05, 4.69) is 5.10 Å². The Morgan fingerprint density at radius 2 is 1.64 bits per heavy atom. The molecule has 130 valence electrons. The predicted octanol–water partition coefficient (Wildman–Crippen LogP) is 3.87. The van der Waals surface area contributed by atoms with E-state index < -0.39 is 10.1 Å². The van der Waals surface area contributed by atoms with Crippen LogP contribution in [0.3, 0.4) is 0 Å². The molecule has 1 heterocycles. The minimum atomic E-state index is -3.92. The smallest absolute Gasteiger partial charge is 0.339 e. The Balaban J connectivity index is 2.08. The van der Waals surface area contributed by atoms with Crippen molar-refractivity contribution in [3.05, 3.63) is 71.0 Å². The molecular weight excluding hydrogens is 336 g/mol. The molecule has 1 aromatic heterocycles. The van der Waals surface area contributed by atoms with Crippen molar-refractivity contribution in [3.8, 4) is 11.4 Å². The van der Waals surface area contributed by atoms with E-state index in [1.54, 1.807) is 41.1 Å². The fraction of sp³-hybridized carbons (Fsp3) is 0.211. The zero-order valence-corrected chi connectivity index (χ0v) is 15.5. The molecule has 0 bridgehead atoms. The summed E-state index contributed by atoms with van der Waals surface area (Å²) in [5.74, 6) is 0.256. The first kappa shape index (κ1) is 17.2. The van der Waals surface area contributed by atoms with Crippen LogP contribution in [0, 0.1) is 27.7 Å². The van der Waals surface area contributed by atoms with Crippen molar-refractivity contribution in [2.45, 2.75) is 32.6 Å². The molecular formula is C19H20N2O3S. The molecule has 2 aromatic carbocycles. The van der Waals surface area contributed by atoms with E-state index in [-0.39, 0.29) is 10.6 Å². The third-order valence-corrected chi connectivity index (χ3v) is 5.18. The maximum atomic E-state index is 12.6. The molecule has 0 saturated heterocycles. The first-order valence-electron chi connectivity index (χ1n) is 7.92. The molecule has 5 nitrogen and oxygen atoms in total. The van der Waals surface area contributed by atoms with Gasteiger partial charge in [0, 0.05) is 5.69 Å². The molecule has 0 spiro atoms. The molecule has 0 unspecified atom stereocenters. The zero-order valence-electron chi connectivity index (χ0n) is 14.6. The van der Waals surface area contributed by atoms with Crippen molar-refractivity contribution in [2.75, 3.05) is 0 Å². The molecule has 0 amide bonds. The van der Waals surface area contributed by atoms with Gasteiger partial charge in [-0.25, -0.2) is 4.68 Å². The normalized spacial score (nSPS) is 11.5. The van der Waals surface area contributed by atoms with Crippen LogP contribution in [-0.4, -0.2) is 18.2 Å². The quantitative estimate of drug-likeness (QED) is 0.666. The van der Waals surface area contributed by atoms with E-state index in [1.807, 2.05) is 39.8 Å². The van der Waals surface area contributed by atoms with E-state index in [0.717, 1.165) is 22.5 Å². The van der Waals surface area contributed by atoms with Gasteiger partial charge in [-0.05, 0) is 57.5 Å². The van der Waals surface area contributed by atoms with Crippen LogP contribution < -0.4 is 4.18 Å². The molecule has 0 radical (unpaired) electrons. The molecule has 6 heteroatoms. The fourth-order valence-corrected chi connectivity index (χ4v) is 3.63. The zero-order chi connectivity index (χ0) is 18.2. The predicted molar refractivity (Wildman–Crippen MR) is 96.8 cm³/mol. The molecule has 0 aliphatic carbocycles. The van der Waals surface area contributed by atoms with Crippen molar-refractivity contribution in [3.63, 3.8) is 0 Å². The number of aromatic nitrogens is 2. The molecule has 0 N–H and O–H groups in total. The summed E-state index contributed by atoms with van der Waals surface area (Å²) in [4.78, 5) is 0.124. The molecule has 0 aliphatic rings. The highest BCUT2D eigenvalue weighted by molar-refractivity contribution is 7.87. The summed E-state index contributed by atoms with van der Waals surface area (Å²) in [6.45, 7) is 7.62. The van der Waals surface area contributed by atoms with Crippen molar-refractivity contribution in [2.24, 2.45) is 0 Å². The molecule has 0 fully saturated rings. The van der Waals surface area contributed by atoms with Crippen molar-refractivity contribution in [1.29, 1.82) is 0 Å². The highest BCUT2D eigenvalue weighted by Crippen LogP contribution is 2.30. The van der Waals surface area contributed by atoms with Gasteiger partial charge in [-0.2, -0.15) is 13.5 Å². The second-order valence-corrected chi connectivity index (χ2v) is 7.66. The Labute approximate surface area is 148 Å². The van der Waals surface area contributed by atoms with Crippen molar-refractivity contribution in [1.82, 2.24) is 9.78 Å². The van der Waals surface area contributed by atoms with Gasteiger partial charge in [0.05, 0.1) is 5.69 Å². The van der Waals surface area contributed by atoms with Crippen LogP contribution in [0.2, 0.25) is 0 Å². The van der Waals surface area contributed by atoms with Crippen LogP contribution in [0.25, 0.3) is 5.69 Å². The maximum absolute atomic E-state index is 12.6. The first-order chi connectivity index (χ1) is 11.8. The average molecular weight is 356 g/mol. The number of hydrogen-bond donors (Lipinski definition) is 0. The Morgan fingerprint density at radius 1 is 0.960 bits per heavy atom. The lowest BCUT2D eigenvalue weighted by molar-refractivity contribution is 0.483. The summed E-state index contributed by atoms with van der Waals surface area (Å²) in [5.41, 5.74) is 4.25. The third kappa shape index (κ3) is 3.44. The minimum Gasteiger partial charge on any atom is -0.377 e. The highest BCUT2D eigenvalue weighted by Gasteiger charge is 2.21. The Kier molecular flexibility index (Phi) is 4.39. The lowest BCUT2D eigenvalue weighted by atomic mass is 10.2. The second-order valence-electron chi connectivity index (χ2n) is 6.11. The second kappa shape index (κ2) is 6.37. The lowest BCUT2D eigenvalue weighted by Crippen LogP contribution is -2.13. The Hall–Kier alpha value is -2.60. The summed E-state index contributed by atoms with van der Waals surface area (Å²) in [6, 6.07) is 13.8. The van der Waals surface area contributed by atoms with Gasteiger partial charge in [-0.1, -0.05) is 29.8 Å². The minimum absolute atomic E-state index is 0.124. The monoisotopic (exact) mass is 356 g/mol. The summed E-state index contributed by atoms with van der Waals surface area (Å²) in [5, 5.41) is 4.46. The first-order valence-corrected chi connectivity index (χ1v) is 9.33. The van der Waals surface area contributed by atoms with Gasteiger partial charge in [0.15, 0.2) is 5.75 Å². The summed E-state index contributed by atoms with van der Waals surface area (Å²) < 4.78 is 32.5. The number of rotatable bonds is 4. The number of hydrogen-bond acceptors (Lipinski definition) is 4. The van der Waals surface area contributed by atoms with Gasteiger partial charge in [0.1, 0.15) is 10.6 Å². The van der Waals surface area contributed by atoms with Crippen LogP contribution in [-0.2, 0) is 10.1 Å². The van der Waals surface area contributed by atoms with Gasteiger partial charge in [-0.3, -0.25) is 0 Å². The van der Waals surface area contributed by atoms with E-state index in [0.29, 0.717) is 5.69 Å². The largest absolute Gasteiger partial charge is 0.377 e. The molecule has 25 heavy (non-hydrogen) atoms. The van der Waals surface area contributed by atoms with Crippen molar-refractivity contribution >= 4 is 10.1 Å². The van der Waals surface area contributed by atoms with Crippen molar-refractivity contribution < 1.29 is 12.6 Å². The number of nitrogens with zero attached hydrogens (tertiary/aromatic N) is 2. The fourth-order valence-electron chi connectivity index (χ4n) is 2.70. The van der Waals surface area contributed by atoms with Gasteiger partial charge < -0.3 is 4.18 Å². The van der Waals surface area contributed by atoms with Crippen LogP contribution in [0.1, 0.15) is 22.5 Å². The summed E-state index contributed by atoms with van der Waals surface area (Å²) in [7, 11) is -3.92. The maximum Gasteiger partial charge on any atom is 0.339 e. The van der Waals surface area contributed by atoms with Crippen LogP contribution >= 0.6 is 0 Å². The topological polar surface area (TPSA) is 61.2 Å². The van der Waals surface area contributed by atoms with E-state index in [4.69, 9.17) is 4.18 Å². The molecule has 3 aromatic rings. The lowest BCUT2D eigenvalue weighted by Gasteiger charge is -2.15. The Bertz CT molecular complexity index is 1020. The summed E-state index contributed by atoms with van der Waals surface area (Å²) >= 11 is 0. The molecule has 0 saturated carbocycles. The third-order valence-electron chi connectivity index (χ3n) is 3.93. The molecule has 0 atom stereocenters. The van der Waals surface area contributed by atoms with E-state index in [9.17, 15) is 8.42 Å². The number of aryl methyl sites for hydroxylation is 4. The van der Waals surface area contributed by atoms with E-state index in [1.165, 1.54) is 0 Å². The van der Waals surface area contributed by atoms with Gasteiger partial charge >= 0.3 is 10.1 Å². The van der Waals surface area contributed by atoms with Crippen LogP contribution in [0.5, 0.6) is 5.75 Å². The summed E-state index contributed by atoms with van der Waals surface area (Å²) in [6.07, 6.45) is 0. The average Bonchev–Trinajstić information content (AvgIpc) is 2.86. The van der Waals surface area contributed by atoms with Crippen LogP contribution in [0.15, 0.2) is 53.4 Å². The van der Waals surface area contributed by atoms with Gasteiger partial charge in [0.25, 0.3) is 0 Å². The van der Waals surface area contributed by atoms with Gasteiger partial charge in [0.2, 0.25) is 0 Å². The van der Waals surface area contributed by atoms with E-state index >= 15 is 0 Å². The standard InChI is InChI=1S/C19H20N2O3S/c1-13-8-10-17(11-9-13)25(22,23)24-18-7-5-6-14(2)19(18)21-16(4)12-15(3)20-21/h5-12H,1-4H3. The SMILES string of the molecule is Cc1ccc(S(=O)(=O)Oc2cccc(C)c2-n2nc(C)cc2C)cc1. The number of benzene rings is 2. The molecule has 0 aliphatic heterocycles. The van der Waals surface area contributed by atoms with Crippen LogP contribution in [0.4, 0.5) is 0 Å².